The number of hydrogen-bond donors (Lipinski definition) is 0. The van der Waals surface area contributed by atoms with Crippen LogP contribution in [-0.4, -0.2) is 28.6 Å². The predicted octanol–water partition coefficient (Wildman–Crippen LogP) is 3.82. The molecule has 3 rings (SSSR count). The van der Waals surface area contributed by atoms with Crippen LogP contribution in [0.4, 0.5) is 0 Å². The fraction of sp³-hybridized carbons (Fsp3) is 0.500. The molecule has 0 atom stereocenters. The minimum absolute atomic E-state index is 0.374. The minimum Gasteiger partial charge on any atom is -0.381 e. The third-order valence-electron chi connectivity index (χ3n) is 3.81. The molecule has 0 aliphatic heterocycles. The predicted molar refractivity (Wildman–Crippen MR) is 78.2 cm³/mol. The van der Waals surface area contributed by atoms with E-state index in [2.05, 4.69) is 9.55 Å². The van der Waals surface area contributed by atoms with Gasteiger partial charge in [0.15, 0.2) is 0 Å². The molecule has 0 N–H and O–H groups in total. The van der Waals surface area contributed by atoms with Crippen LogP contribution in [0.15, 0.2) is 18.2 Å². The summed E-state index contributed by atoms with van der Waals surface area (Å²) in [6.45, 7) is 0. The molecule has 1 fully saturated rings. The number of aryl methyl sites for hydroxylation is 1. The Labute approximate surface area is 122 Å². The normalized spacial score (nSPS) is 22.7. The van der Waals surface area contributed by atoms with E-state index in [1.807, 2.05) is 18.2 Å². The average Bonchev–Trinajstić information content (AvgIpc) is 2.66. The van der Waals surface area contributed by atoms with Gasteiger partial charge in [0, 0.05) is 30.5 Å². The van der Waals surface area contributed by atoms with Crippen molar-refractivity contribution in [3.05, 3.63) is 29.0 Å². The Balaban J connectivity index is 2.02. The van der Waals surface area contributed by atoms with Crippen LogP contribution in [0.5, 0.6) is 0 Å². The van der Waals surface area contributed by atoms with Crippen molar-refractivity contribution in [1.82, 2.24) is 9.55 Å². The quantitative estimate of drug-likeness (QED) is 0.802. The molecule has 1 aliphatic rings. The van der Waals surface area contributed by atoms with Crippen LogP contribution < -0.4 is 0 Å². The molecule has 3 nitrogen and oxygen atoms in total. The molecule has 0 spiro atoms. The first-order valence-electron chi connectivity index (χ1n) is 6.48. The zero-order valence-electron chi connectivity index (χ0n) is 10.8. The summed E-state index contributed by atoms with van der Waals surface area (Å²) in [5.74, 6) is 1.63. The van der Waals surface area contributed by atoms with Crippen LogP contribution in [0, 0.1) is 0 Å². The summed E-state index contributed by atoms with van der Waals surface area (Å²) < 4.78 is 7.67. The van der Waals surface area contributed by atoms with Gasteiger partial charge in [0.1, 0.15) is 5.82 Å². The van der Waals surface area contributed by atoms with Gasteiger partial charge in [-0.3, -0.25) is 0 Å². The number of rotatable bonds is 4. The van der Waals surface area contributed by atoms with Crippen LogP contribution in [-0.2, 0) is 11.2 Å². The topological polar surface area (TPSA) is 27.1 Å². The highest BCUT2D eigenvalue weighted by atomic mass is 35.5. The van der Waals surface area contributed by atoms with E-state index in [4.69, 9.17) is 27.9 Å². The average molecular weight is 299 g/mol. The van der Waals surface area contributed by atoms with Crippen molar-refractivity contribution in [2.45, 2.75) is 31.4 Å². The summed E-state index contributed by atoms with van der Waals surface area (Å²) in [4.78, 5) is 4.67. The first kappa shape index (κ1) is 13.2. The van der Waals surface area contributed by atoms with Crippen LogP contribution in [0.25, 0.3) is 11.0 Å². The standard InChI is InChI=1S/C14H16Cl2N2O/c1-19-11-7-10(8-11)18-13-3-2-9(16)6-12(13)17-14(18)4-5-15/h2-3,6,10-11H,4-5,7-8H2,1H3. The molecule has 2 aromatic rings. The lowest BCUT2D eigenvalue weighted by Crippen LogP contribution is -2.33. The Morgan fingerprint density at radius 1 is 1.42 bits per heavy atom. The molecular weight excluding hydrogens is 283 g/mol. The van der Waals surface area contributed by atoms with Gasteiger partial charge in [-0.1, -0.05) is 11.6 Å². The molecule has 1 heterocycles. The summed E-state index contributed by atoms with van der Waals surface area (Å²) in [5, 5.41) is 0.720. The fourth-order valence-corrected chi connectivity index (χ4v) is 3.07. The Morgan fingerprint density at radius 3 is 2.89 bits per heavy atom. The van der Waals surface area contributed by atoms with Crippen LogP contribution in [0.2, 0.25) is 5.02 Å². The van der Waals surface area contributed by atoms with Gasteiger partial charge in [0.05, 0.1) is 17.1 Å². The molecule has 5 heteroatoms. The minimum atomic E-state index is 0.374. The summed E-state index contributed by atoms with van der Waals surface area (Å²) >= 11 is 11.9. The highest BCUT2D eigenvalue weighted by molar-refractivity contribution is 6.31. The van der Waals surface area contributed by atoms with E-state index >= 15 is 0 Å². The maximum absolute atomic E-state index is 6.04. The molecule has 1 saturated carbocycles. The van der Waals surface area contributed by atoms with Gasteiger partial charge in [-0.25, -0.2) is 4.98 Å². The molecule has 1 aromatic carbocycles. The van der Waals surface area contributed by atoms with Gasteiger partial charge in [-0.05, 0) is 31.0 Å². The molecule has 0 radical (unpaired) electrons. The van der Waals surface area contributed by atoms with Crippen LogP contribution in [0.1, 0.15) is 24.7 Å². The van der Waals surface area contributed by atoms with Gasteiger partial charge in [0.2, 0.25) is 0 Å². The summed E-state index contributed by atoms with van der Waals surface area (Å²) in [6, 6.07) is 6.34. The van der Waals surface area contributed by atoms with E-state index in [1.165, 1.54) is 0 Å². The second-order valence-electron chi connectivity index (χ2n) is 4.95. The Bertz CT molecular complexity index is 590. The fourth-order valence-electron chi connectivity index (χ4n) is 2.73. The molecule has 0 unspecified atom stereocenters. The van der Waals surface area contributed by atoms with Crippen LogP contribution >= 0.6 is 23.2 Å². The van der Waals surface area contributed by atoms with Gasteiger partial charge < -0.3 is 9.30 Å². The molecular formula is C14H16Cl2N2O. The smallest absolute Gasteiger partial charge is 0.111 e. The number of halogens is 2. The van der Waals surface area contributed by atoms with E-state index < -0.39 is 0 Å². The zero-order valence-corrected chi connectivity index (χ0v) is 12.3. The maximum atomic E-state index is 6.04. The van der Waals surface area contributed by atoms with Gasteiger partial charge in [-0.2, -0.15) is 0 Å². The molecule has 0 amide bonds. The van der Waals surface area contributed by atoms with Crippen LogP contribution in [0.3, 0.4) is 0 Å². The largest absolute Gasteiger partial charge is 0.381 e. The number of ether oxygens (including phenoxy) is 1. The lowest BCUT2D eigenvalue weighted by atomic mass is 9.88. The second-order valence-corrected chi connectivity index (χ2v) is 5.77. The molecule has 1 aliphatic carbocycles. The summed E-state index contributed by atoms with van der Waals surface area (Å²) in [6.07, 6.45) is 3.24. The molecule has 19 heavy (non-hydrogen) atoms. The first-order chi connectivity index (χ1) is 9.22. The van der Waals surface area contributed by atoms with Crippen molar-refractivity contribution >= 4 is 34.2 Å². The lowest BCUT2D eigenvalue weighted by molar-refractivity contribution is 0.00664. The lowest BCUT2D eigenvalue weighted by Gasteiger charge is -2.36. The van der Waals surface area contributed by atoms with Crippen molar-refractivity contribution in [3.63, 3.8) is 0 Å². The molecule has 0 bridgehead atoms. The highest BCUT2D eigenvalue weighted by Crippen LogP contribution is 2.38. The molecule has 102 valence electrons. The van der Waals surface area contributed by atoms with Gasteiger partial charge in [-0.15, -0.1) is 11.6 Å². The number of fused-ring (bicyclic) bond motifs is 1. The SMILES string of the molecule is COC1CC(n2c(CCCl)nc3cc(Cl)ccc32)C1. The third kappa shape index (κ3) is 2.35. The monoisotopic (exact) mass is 298 g/mol. The van der Waals surface area contributed by atoms with Gasteiger partial charge >= 0.3 is 0 Å². The van der Waals surface area contributed by atoms with Crippen molar-refractivity contribution in [1.29, 1.82) is 0 Å². The maximum Gasteiger partial charge on any atom is 0.111 e. The third-order valence-corrected chi connectivity index (χ3v) is 4.24. The summed E-state index contributed by atoms with van der Waals surface area (Å²) in [5.41, 5.74) is 2.09. The number of nitrogens with zero attached hydrogens (tertiary/aromatic N) is 2. The number of methoxy groups -OCH3 is 1. The van der Waals surface area contributed by atoms with Crippen molar-refractivity contribution in [3.8, 4) is 0 Å². The van der Waals surface area contributed by atoms with Crippen molar-refractivity contribution in [2.75, 3.05) is 13.0 Å². The summed E-state index contributed by atoms with van der Waals surface area (Å²) in [7, 11) is 1.77. The highest BCUT2D eigenvalue weighted by Gasteiger charge is 2.32. The molecule has 1 aromatic heterocycles. The molecule has 0 saturated heterocycles. The van der Waals surface area contributed by atoms with Gasteiger partial charge in [0.25, 0.3) is 0 Å². The Hall–Kier alpha value is -0.770. The number of hydrogen-bond acceptors (Lipinski definition) is 2. The number of benzene rings is 1. The first-order valence-corrected chi connectivity index (χ1v) is 7.39. The second kappa shape index (κ2) is 5.31. The van der Waals surface area contributed by atoms with E-state index in [9.17, 15) is 0 Å². The Kier molecular flexibility index (Phi) is 3.70. The van der Waals surface area contributed by atoms with E-state index in [0.717, 1.165) is 41.1 Å². The number of imidazole rings is 1. The Morgan fingerprint density at radius 2 is 2.21 bits per heavy atom. The van der Waals surface area contributed by atoms with Crippen molar-refractivity contribution in [2.24, 2.45) is 0 Å². The van der Waals surface area contributed by atoms with E-state index in [0.29, 0.717) is 18.0 Å². The van der Waals surface area contributed by atoms with E-state index in [1.54, 1.807) is 7.11 Å². The number of alkyl halides is 1. The van der Waals surface area contributed by atoms with Crippen molar-refractivity contribution < 1.29 is 4.74 Å². The number of aromatic nitrogens is 2. The van der Waals surface area contributed by atoms with E-state index in [-0.39, 0.29) is 0 Å². The zero-order chi connectivity index (χ0) is 13.4.